The number of ether oxygens (including phenoxy) is 1. The molecule has 1 aromatic carbocycles. The molecule has 0 saturated carbocycles. The zero-order valence-electron chi connectivity index (χ0n) is 6.35. The highest BCUT2D eigenvalue weighted by Gasteiger charge is 1.99. The van der Waals surface area contributed by atoms with E-state index in [0.29, 0.717) is 5.75 Å². The molecular weight excluding hydrogens is 180 g/mol. The third-order valence-corrected chi connectivity index (χ3v) is 2.20. The van der Waals surface area contributed by atoms with Crippen molar-refractivity contribution in [3.05, 3.63) is 24.3 Å². The molecule has 4 nitrogen and oxygen atoms in total. The average molecular weight is 187 g/mol. The van der Waals surface area contributed by atoms with Crippen LogP contribution in [0.15, 0.2) is 29.2 Å². The molecule has 5 heteroatoms. The lowest BCUT2D eigenvalue weighted by Gasteiger charge is -2.06. The smallest absolute Gasteiger partial charge is 0.124 e. The van der Waals surface area contributed by atoms with Crippen LogP contribution in [-0.4, -0.2) is 20.1 Å². The fourth-order valence-corrected chi connectivity index (χ4v) is 1.21. The lowest BCUT2D eigenvalue weighted by Crippen LogP contribution is -1.97. The summed E-state index contributed by atoms with van der Waals surface area (Å²) in [5.74, 6) is 0.516. The van der Waals surface area contributed by atoms with E-state index in [1.54, 1.807) is 0 Å². The van der Waals surface area contributed by atoms with E-state index >= 15 is 0 Å². The predicted molar refractivity (Wildman–Crippen MR) is 41.0 cm³/mol. The first-order valence-electron chi connectivity index (χ1n) is 3.14. The van der Waals surface area contributed by atoms with Gasteiger partial charge < -0.3 is 9.29 Å². The molecule has 0 aliphatic carbocycles. The molecule has 0 unspecified atom stereocenters. The summed E-state index contributed by atoms with van der Waals surface area (Å²) >= 11 is 0. The second-order valence-electron chi connectivity index (χ2n) is 2.13. The molecule has 0 bridgehead atoms. The van der Waals surface area contributed by atoms with Gasteiger partial charge in [-0.3, -0.25) is 0 Å². The van der Waals surface area contributed by atoms with Gasteiger partial charge in [-0.25, -0.2) is 8.42 Å². The monoisotopic (exact) mass is 187 g/mol. The summed E-state index contributed by atoms with van der Waals surface area (Å²) < 4.78 is 36.1. The van der Waals surface area contributed by atoms with E-state index in [2.05, 4.69) is 0 Å². The van der Waals surface area contributed by atoms with Crippen LogP contribution < -0.4 is 4.74 Å². The molecule has 0 aliphatic rings. The second kappa shape index (κ2) is 3.12. The van der Waals surface area contributed by atoms with Crippen molar-refractivity contribution in [3.8, 4) is 5.75 Å². The van der Waals surface area contributed by atoms with Crippen LogP contribution in [0.3, 0.4) is 0 Å². The van der Waals surface area contributed by atoms with Gasteiger partial charge in [-0.15, -0.1) is 0 Å². The molecular formula is C7H7O4S-. The van der Waals surface area contributed by atoms with E-state index in [1.165, 1.54) is 31.4 Å². The molecule has 0 atom stereocenters. The Bertz CT molecular complexity index is 351. The fourth-order valence-electron chi connectivity index (χ4n) is 0.742. The topological polar surface area (TPSA) is 66.4 Å². The Morgan fingerprint density at radius 3 is 2.08 bits per heavy atom. The van der Waals surface area contributed by atoms with Gasteiger partial charge in [-0.05, 0) is 24.3 Å². The van der Waals surface area contributed by atoms with Gasteiger partial charge in [0, 0.05) is 0 Å². The van der Waals surface area contributed by atoms with Gasteiger partial charge >= 0.3 is 0 Å². The fraction of sp³-hybridized carbons (Fsp3) is 0.143. The van der Waals surface area contributed by atoms with E-state index in [9.17, 15) is 13.0 Å². The standard InChI is InChI=1S/C7H8O4S/c1-11-6-2-4-7(5-3-6)12(8,9)10/h2-5H,1H3,(H,8,9,10)/p-1. The number of benzene rings is 1. The second-order valence-corrected chi connectivity index (χ2v) is 3.51. The molecule has 12 heavy (non-hydrogen) atoms. The summed E-state index contributed by atoms with van der Waals surface area (Å²) in [6, 6.07) is 5.26. The van der Waals surface area contributed by atoms with Crippen LogP contribution in [0.25, 0.3) is 0 Å². The van der Waals surface area contributed by atoms with Crippen LogP contribution in [0.4, 0.5) is 0 Å². The molecule has 66 valence electrons. The minimum Gasteiger partial charge on any atom is -0.744 e. The molecule has 0 fully saturated rings. The van der Waals surface area contributed by atoms with Gasteiger partial charge in [0.15, 0.2) is 0 Å². The molecule has 1 aromatic rings. The Hall–Kier alpha value is -1.07. The van der Waals surface area contributed by atoms with Crippen molar-refractivity contribution >= 4 is 10.1 Å². The maximum Gasteiger partial charge on any atom is 0.124 e. The van der Waals surface area contributed by atoms with Crippen molar-refractivity contribution in [2.24, 2.45) is 0 Å². The maximum absolute atomic E-state index is 10.4. The number of hydrogen-bond donors (Lipinski definition) is 0. The highest BCUT2D eigenvalue weighted by atomic mass is 32.2. The van der Waals surface area contributed by atoms with Gasteiger partial charge in [0.25, 0.3) is 0 Å². The quantitative estimate of drug-likeness (QED) is 0.636. The molecule has 1 rings (SSSR count). The van der Waals surface area contributed by atoms with Crippen molar-refractivity contribution in [1.29, 1.82) is 0 Å². The zero-order valence-corrected chi connectivity index (χ0v) is 7.17. The van der Waals surface area contributed by atoms with Gasteiger partial charge in [0.05, 0.1) is 12.0 Å². The van der Waals surface area contributed by atoms with Crippen LogP contribution in [0, 0.1) is 0 Å². The summed E-state index contributed by atoms with van der Waals surface area (Å²) in [7, 11) is -2.87. The van der Waals surface area contributed by atoms with Crippen molar-refractivity contribution < 1.29 is 17.7 Å². The lowest BCUT2D eigenvalue weighted by molar-refractivity contribution is 0.414. The van der Waals surface area contributed by atoms with Crippen molar-refractivity contribution in [2.45, 2.75) is 4.90 Å². The van der Waals surface area contributed by atoms with E-state index in [-0.39, 0.29) is 4.90 Å². The number of hydrogen-bond acceptors (Lipinski definition) is 4. The first-order chi connectivity index (χ1) is 5.54. The highest BCUT2D eigenvalue weighted by Crippen LogP contribution is 2.14. The Morgan fingerprint density at radius 1 is 1.25 bits per heavy atom. The summed E-state index contributed by atoms with van der Waals surface area (Å²) in [5.41, 5.74) is 0. The van der Waals surface area contributed by atoms with Crippen LogP contribution in [0.2, 0.25) is 0 Å². The first-order valence-corrected chi connectivity index (χ1v) is 4.55. The summed E-state index contributed by atoms with van der Waals surface area (Å²) in [6.07, 6.45) is 0. The molecule has 0 spiro atoms. The molecule has 0 amide bonds. The van der Waals surface area contributed by atoms with E-state index in [0.717, 1.165) is 0 Å². The SMILES string of the molecule is COc1ccc(S(=O)(=O)[O-])cc1. The van der Waals surface area contributed by atoms with E-state index in [4.69, 9.17) is 4.74 Å². The average Bonchev–Trinajstić information content (AvgIpc) is 2.03. The van der Waals surface area contributed by atoms with Crippen LogP contribution in [0.5, 0.6) is 5.75 Å². The Morgan fingerprint density at radius 2 is 1.75 bits per heavy atom. The summed E-state index contributed by atoms with van der Waals surface area (Å²) in [6.45, 7) is 0. The Kier molecular flexibility index (Phi) is 2.35. The summed E-state index contributed by atoms with van der Waals surface area (Å²) in [4.78, 5) is -0.247. The normalized spacial score (nSPS) is 11.2. The third-order valence-electron chi connectivity index (χ3n) is 1.35. The van der Waals surface area contributed by atoms with Gasteiger partial charge in [0.1, 0.15) is 15.9 Å². The van der Waals surface area contributed by atoms with Crippen LogP contribution in [0.1, 0.15) is 0 Å². The van der Waals surface area contributed by atoms with Gasteiger partial charge in [-0.2, -0.15) is 0 Å². The van der Waals surface area contributed by atoms with E-state index in [1.807, 2.05) is 0 Å². The number of methoxy groups -OCH3 is 1. The largest absolute Gasteiger partial charge is 0.744 e. The van der Waals surface area contributed by atoms with Crippen LogP contribution in [-0.2, 0) is 10.1 Å². The van der Waals surface area contributed by atoms with E-state index < -0.39 is 10.1 Å². The third kappa shape index (κ3) is 1.96. The molecule has 0 aliphatic heterocycles. The van der Waals surface area contributed by atoms with Crippen LogP contribution >= 0.6 is 0 Å². The number of rotatable bonds is 2. The Labute approximate surface area is 70.5 Å². The zero-order chi connectivity index (χ0) is 9.19. The maximum atomic E-state index is 10.4. The van der Waals surface area contributed by atoms with Crippen molar-refractivity contribution in [2.75, 3.05) is 7.11 Å². The molecule has 0 N–H and O–H groups in total. The minimum absolute atomic E-state index is 0.247. The van der Waals surface area contributed by atoms with Crippen molar-refractivity contribution in [1.82, 2.24) is 0 Å². The summed E-state index contributed by atoms with van der Waals surface area (Å²) in [5, 5.41) is 0. The molecule has 0 heterocycles. The Balaban J connectivity index is 3.09. The first kappa shape index (κ1) is 9.02. The molecule has 0 aromatic heterocycles. The molecule has 0 radical (unpaired) electrons. The van der Waals surface area contributed by atoms with Crippen molar-refractivity contribution in [3.63, 3.8) is 0 Å². The van der Waals surface area contributed by atoms with Gasteiger partial charge in [0.2, 0.25) is 0 Å². The predicted octanol–water partition coefficient (Wildman–Crippen LogP) is 0.599. The lowest BCUT2D eigenvalue weighted by atomic mass is 10.3. The minimum atomic E-state index is -4.33. The highest BCUT2D eigenvalue weighted by molar-refractivity contribution is 7.85. The molecule has 0 saturated heterocycles. The van der Waals surface area contributed by atoms with Gasteiger partial charge in [-0.1, -0.05) is 0 Å².